The maximum atomic E-state index is 12.8. The van der Waals surface area contributed by atoms with Gasteiger partial charge in [0.05, 0.1) is 23.3 Å². The number of benzene rings is 4. The largest absolute Gasteiger partial charge is 2.00 e. The van der Waals surface area contributed by atoms with Gasteiger partial charge in [0.2, 0.25) is 0 Å². The molecule has 7 aromatic rings. The van der Waals surface area contributed by atoms with Gasteiger partial charge in [0.15, 0.2) is 0 Å². The first-order valence-corrected chi connectivity index (χ1v) is 17.3. The molecule has 13 heteroatoms. The average Bonchev–Trinajstić information content (AvgIpc) is 3.84. The van der Waals surface area contributed by atoms with Gasteiger partial charge in [0.25, 0.3) is 10.1 Å². The average molecular weight is 728 g/mol. The summed E-state index contributed by atoms with van der Waals surface area (Å²) in [6.07, 6.45) is 0.348. The molecule has 240 valence electrons. The summed E-state index contributed by atoms with van der Waals surface area (Å²) in [4.78, 5) is 39.3. The molecular weight excluding hydrogens is 702 g/mol. The fourth-order valence-corrected chi connectivity index (χ4v) is 8.12. The molecule has 0 aliphatic carbocycles. The number of rotatable bonds is 4. The van der Waals surface area contributed by atoms with Gasteiger partial charge in [-0.25, -0.2) is 9.97 Å². The molecule has 1 N–H and O–H groups in total. The van der Waals surface area contributed by atoms with E-state index in [1.165, 1.54) is 0 Å². The molecule has 0 amide bonds. The molecule has 0 saturated carbocycles. The van der Waals surface area contributed by atoms with Crippen molar-refractivity contribution >= 4 is 54.3 Å². The maximum Gasteiger partial charge on any atom is 2.00 e. The minimum absolute atomic E-state index is 0. The van der Waals surface area contributed by atoms with Crippen LogP contribution in [0.5, 0.6) is 0 Å². The molecule has 9 rings (SSSR count). The number of fused-ring (bicyclic) bond motifs is 20. The third-order valence-electron chi connectivity index (χ3n) is 9.58. The van der Waals surface area contributed by atoms with E-state index < -0.39 is 14.9 Å². The van der Waals surface area contributed by atoms with Gasteiger partial charge in [-0.05, 0) is 46.0 Å². The van der Waals surface area contributed by atoms with Crippen molar-refractivity contribution < 1.29 is 32.4 Å². The Hall–Kier alpha value is -5.23. The topological polar surface area (TPSA) is 160 Å². The molecular formula is C37H26N8O3SZn. The number of aromatic nitrogens is 8. The Morgan fingerprint density at radius 1 is 0.540 bits per heavy atom. The zero-order valence-electron chi connectivity index (χ0n) is 27.0. The van der Waals surface area contributed by atoms with Crippen LogP contribution in [-0.2, 0) is 34.3 Å². The summed E-state index contributed by atoms with van der Waals surface area (Å²) >= 11 is 0. The second-order valence-corrected chi connectivity index (χ2v) is 13.8. The first kappa shape index (κ1) is 32.0. The van der Waals surface area contributed by atoms with E-state index in [4.69, 9.17) is 39.9 Å². The second kappa shape index (κ2) is 11.7. The molecule has 0 radical (unpaired) electrons. The van der Waals surface area contributed by atoms with E-state index in [2.05, 4.69) is 0 Å². The van der Waals surface area contributed by atoms with Crippen molar-refractivity contribution in [1.29, 1.82) is 0 Å². The number of nitrogens with zero attached hydrogens (tertiary/aromatic N) is 8. The Labute approximate surface area is 298 Å². The van der Waals surface area contributed by atoms with E-state index in [-0.39, 0.29) is 32.3 Å². The summed E-state index contributed by atoms with van der Waals surface area (Å²) in [5, 5.41) is 2.87. The monoisotopic (exact) mass is 726 g/mol. The predicted octanol–water partition coefficient (Wildman–Crippen LogP) is 7.03. The maximum absolute atomic E-state index is 12.8. The molecule has 4 aromatic carbocycles. The van der Waals surface area contributed by atoms with E-state index >= 15 is 0 Å². The van der Waals surface area contributed by atoms with E-state index in [1.807, 2.05) is 72.8 Å². The Bertz CT molecular complexity index is 2800. The van der Waals surface area contributed by atoms with Crippen molar-refractivity contribution in [3.05, 3.63) is 96.6 Å². The first-order chi connectivity index (χ1) is 23.8. The van der Waals surface area contributed by atoms with E-state index in [0.717, 1.165) is 33.0 Å². The Morgan fingerprint density at radius 2 is 0.900 bits per heavy atom. The molecule has 2 aliphatic rings. The van der Waals surface area contributed by atoms with Crippen LogP contribution in [0.25, 0.3) is 89.7 Å². The van der Waals surface area contributed by atoms with Gasteiger partial charge < -0.3 is 29.9 Å². The van der Waals surface area contributed by atoms with E-state index in [9.17, 15) is 13.0 Å². The van der Waals surface area contributed by atoms with Crippen LogP contribution in [0.3, 0.4) is 0 Å². The van der Waals surface area contributed by atoms with Crippen molar-refractivity contribution in [2.75, 3.05) is 0 Å². The van der Waals surface area contributed by atoms with Gasteiger partial charge in [-0.2, -0.15) is 8.42 Å². The molecule has 0 fully saturated rings. The standard InChI is InChI=1S/C37H26N8O3S.Zn/c1-3-37(4-2,49(46,47)48)20-17-18-27-28(19-20)36-44-34-26-16-10-9-15-25(26)32(42-34)40-30-22-12-6-5-11-21(22)29(38-30)39-31-23-13-7-8-14-24(23)33(41-31)43-35(27)45-36;/h5-19H,3-4H2,1-2H3,(H-2,38,39,40,41,42,43,44,45,46,47,48);/q-2;+2. The summed E-state index contributed by atoms with van der Waals surface area (Å²) in [5.74, 6) is 1.72. The molecule has 50 heavy (non-hydrogen) atoms. The van der Waals surface area contributed by atoms with E-state index in [0.29, 0.717) is 62.2 Å². The molecule has 0 spiro atoms. The van der Waals surface area contributed by atoms with Crippen molar-refractivity contribution in [1.82, 2.24) is 39.9 Å². The van der Waals surface area contributed by atoms with Crippen molar-refractivity contribution in [3.8, 4) is 45.6 Å². The molecule has 8 bridgehead atoms. The van der Waals surface area contributed by atoms with Crippen molar-refractivity contribution in [2.45, 2.75) is 31.4 Å². The quantitative estimate of drug-likeness (QED) is 0.146. The zero-order chi connectivity index (χ0) is 33.5. The zero-order valence-corrected chi connectivity index (χ0v) is 30.8. The molecule has 3 aromatic heterocycles. The molecule has 2 aliphatic heterocycles. The molecule has 0 saturated heterocycles. The summed E-state index contributed by atoms with van der Waals surface area (Å²) in [7, 11) is -4.47. The van der Waals surface area contributed by atoms with Gasteiger partial charge in [0, 0.05) is 44.8 Å². The van der Waals surface area contributed by atoms with Gasteiger partial charge in [0.1, 0.15) is 4.75 Å². The van der Waals surface area contributed by atoms with E-state index in [1.54, 1.807) is 32.0 Å². The van der Waals surface area contributed by atoms with Crippen molar-refractivity contribution in [3.63, 3.8) is 0 Å². The third kappa shape index (κ3) is 4.72. The van der Waals surface area contributed by atoms with Crippen LogP contribution in [0.2, 0.25) is 0 Å². The Balaban J connectivity index is 0.00000361. The smallest absolute Gasteiger partial charge is 0.357 e. The Kier molecular flexibility index (Phi) is 7.48. The minimum atomic E-state index is -4.47. The van der Waals surface area contributed by atoms with Crippen LogP contribution in [0.15, 0.2) is 91.0 Å². The van der Waals surface area contributed by atoms with Crippen LogP contribution in [0.4, 0.5) is 0 Å². The molecule has 11 nitrogen and oxygen atoms in total. The SMILES string of the molecule is CCC(CC)(c1ccc2c3nc4nc(nc5[n-]c(nc6nc(nc([n-]3)c2c1)-c1ccccc1-6)c1ccccc51)-c1ccccc1-4)S(=O)(=O)O.[Zn+2]. The fraction of sp³-hybridized carbons (Fsp3) is 0.135. The van der Waals surface area contributed by atoms with Crippen molar-refractivity contribution in [2.24, 2.45) is 0 Å². The summed E-state index contributed by atoms with van der Waals surface area (Å²) in [6, 6.07) is 28.4. The van der Waals surface area contributed by atoms with Crippen LogP contribution in [0, 0.1) is 0 Å². The normalized spacial score (nSPS) is 12.5. The van der Waals surface area contributed by atoms with Crippen LogP contribution < -0.4 is 9.97 Å². The first-order valence-electron chi connectivity index (χ1n) is 15.9. The molecule has 0 unspecified atom stereocenters. The van der Waals surface area contributed by atoms with Crippen LogP contribution >= 0.6 is 0 Å². The minimum Gasteiger partial charge on any atom is -0.357 e. The van der Waals surface area contributed by atoms with Gasteiger partial charge in [-0.1, -0.05) is 98.8 Å². The second-order valence-electron chi connectivity index (χ2n) is 12.1. The van der Waals surface area contributed by atoms with Gasteiger partial charge in [-0.3, -0.25) is 4.55 Å². The fourth-order valence-electron chi connectivity index (χ4n) is 6.97. The number of hydrogen-bond acceptors (Lipinski definition) is 8. The summed E-state index contributed by atoms with van der Waals surface area (Å²) in [6.45, 7) is 3.49. The molecule has 0 atom stereocenters. The van der Waals surface area contributed by atoms with Gasteiger partial charge in [-0.15, -0.1) is 0 Å². The summed E-state index contributed by atoms with van der Waals surface area (Å²) in [5.41, 5.74) is 5.18. The summed E-state index contributed by atoms with van der Waals surface area (Å²) < 4.78 is 34.6. The Morgan fingerprint density at radius 3 is 1.28 bits per heavy atom. The predicted molar refractivity (Wildman–Crippen MR) is 188 cm³/mol. The molecule has 5 heterocycles. The van der Waals surface area contributed by atoms with Crippen LogP contribution in [-0.4, -0.2) is 42.9 Å². The number of hydrogen-bond donors (Lipinski definition) is 1. The third-order valence-corrected chi connectivity index (χ3v) is 11.4. The van der Waals surface area contributed by atoms with Gasteiger partial charge >= 0.3 is 19.5 Å². The van der Waals surface area contributed by atoms with Crippen LogP contribution in [0.1, 0.15) is 32.3 Å².